The van der Waals surface area contributed by atoms with Crippen LogP contribution in [0.1, 0.15) is 0 Å². The van der Waals surface area contributed by atoms with Crippen LogP contribution in [-0.4, -0.2) is 21.3 Å². The molecule has 0 unspecified atom stereocenters. The summed E-state index contributed by atoms with van der Waals surface area (Å²) < 4.78 is 22.0. The maximum absolute atomic E-state index is 6.16. The molecule has 0 saturated carbocycles. The third-order valence-electron chi connectivity index (χ3n) is 4.65. The Bertz CT molecular complexity index is 1190. The van der Waals surface area contributed by atoms with Gasteiger partial charge in [-0.2, -0.15) is 0 Å². The number of hydrogen-bond acceptors (Lipinski definition) is 5. The van der Waals surface area contributed by atoms with Gasteiger partial charge in [-0.3, -0.25) is 0 Å². The lowest BCUT2D eigenvalue weighted by Crippen LogP contribution is -2.03. The Morgan fingerprint density at radius 1 is 0.655 bits per heavy atom. The second-order valence-electron chi connectivity index (χ2n) is 6.40. The average Bonchev–Trinajstić information content (AvgIpc) is 2.79. The van der Waals surface area contributed by atoms with Gasteiger partial charge in [0.15, 0.2) is 0 Å². The van der Waals surface area contributed by atoms with Gasteiger partial charge >= 0.3 is 0 Å². The maximum atomic E-state index is 6.16. The molecule has 0 amide bonds. The molecule has 146 valence electrons. The third-order valence-corrected chi connectivity index (χ3v) is 4.65. The van der Waals surface area contributed by atoms with Crippen LogP contribution in [0.3, 0.4) is 0 Å². The SMILES string of the molecule is COc1ccc(N=c2cc(-c3ccc(OC)cc3)oc3ccc(OC)cc23)cc1. The molecule has 1 heterocycles. The Hall–Kier alpha value is -3.73. The van der Waals surface area contributed by atoms with Crippen LogP contribution in [0.4, 0.5) is 5.69 Å². The smallest absolute Gasteiger partial charge is 0.137 e. The summed E-state index contributed by atoms with van der Waals surface area (Å²) in [7, 11) is 4.94. The molecule has 0 atom stereocenters. The Morgan fingerprint density at radius 3 is 1.86 bits per heavy atom. The van der Waals surface area contributed by atoms with Crippen LogP contribution < -0.4 is 19.6 Å². The van der Waals surface area contributed by atoms with E-state index in [9.17, 15) is 0 Å². The van der Waals surface area contributed by atoms with Crippen molar-refractivity contribution in [2.45, 2.75) is 0 Å². The van der Waals surface area contributed by atoms with Crippen LogP contribution in [0.15, 0.2) is 82.2 Å². The molecular weight excluding hydrogens is 366 g/mol. The lowest BCUT2D eigenvalue weighted by Gasteiger charge is -2.08. The summed E-state index contributed by atoms with van der Waals surface area (Å²) in [5, 5.41) is 1.67. The van der Waals surface area contributed by atoms with E-state index in [1.54, 1.807) is 21.3 Å². The summed E-state index contributed by atoms with van der Waals surface area (Å²) in [4.78, 5) is 4.84. The van der Waals surface area contributed by atoms with Crippen LogP contribution in [0.5, 0.6) is 17.2 Å². The van der Waals surface area contributed by atoms with Crippen LogP contribution in [-0.2, 0) is 0 Å². The van der Waals surface area contributed by atoms with Gasteiger partial charge in [-0.05, 0) is 66.7 Å². The lowest BCUT2D eigenvalue weighted by molar-refractivity contribution is 0.414. The van der Waals surface area contributed by atoms with Crippen LogP contribution in [0.25, 0.3) is 22.3 Å². The van der Waals surface area contributed by atoms with Crippen molar-refractivity contribution in [3.63, 3.8) is 0 Å². The third kappa shape index (κ3) is 3.94. The minimum Gasteiger partial charge on any atom is -0.497 e. The molecule has 29 heavy (non-hydrogen) atoms. The molecule has 4 aromatic rings. The van der Waals surface area contributed by atoms with E-state index in [0.29, 0.717) is 0 Å². The molecule has 1 aromatic heterocycles. The monoisotopic (exact) mass is 387 g/mol. The van der Waals surface area contributed by atoms with Crippen molar-refractivity contribution in [3.05, 3.63) is 78.2 Å². The number of rotatable bonds is 5. The highest BCUT2D eigenvalue weighted by Crippen LogP contribution is 2.27. The summed E-state index contributed by atoms with van der Waals surface area (Å²) in [6.45, 7) is 0. The molecule has 0 spiro atoms. The Morgan fingerprint density at radius 2 is 1.24 bits per heavy atom. The fourth-order valence-electron chi connectivity index (χ4n) is 3.06. The van der Waals surface area contributed by atoms with Crippen LogP contribution in [0.2, 0.25) is 0 Å². The first-order chi connectivity index (χ1) is 14.2. The Labute approximate surface area is 168 Å². The number of nitrogens with zero attached hydrogens (tertiary/aromatic N) is 1. The zero-order valence-electron chi connectivity index (χ0n) is 16.5. The summed E-state index contributed by atoms with van der Waals surface area (Å²) in [6.07, 6.45) is 0. The van der Waals surface area contributed by atoms with E-state index in [0.717, 1.165) is 50.6 Å². The van der Waals surface area contributed by atoms with Gasteiger partial charge in [0.2, 0.25) is 0 Å². The average molecular weight is 387 g/mol. The minimum atomic E-state index is 0.720. The first-order valence-corrected chi connectivity index (χ1v) is 9.15. The number of fused-ring (bicyclic) bond motifs is 1. The zero-order valence-corrected chi connectivity index (χ0v) is 16.5. The number of benzene rings is 3. The van der Waals surface area contributed by atoms with Crippen molar-refractivity contribution < 1.29 is 18.6 Å². The molecule has 5 heteroatoms. The van der Waals surface area contributed by atoms with Gasteiger partial charge in [-0.25, -0.2) is 4.99 Å². The normalized spacial score (nSPS) is 11.5. The van der Waals surface area contributed by atoms with E-state index in [4.69, 9.17) is 23.6 Å². The van der Waals surface area contributed by atoms with Gasteiger partial charge < -0.3 is 18.6 Å². The second-order valence-corrected chi connectivity index (χ2v) is 6.40. The summed E-state index contributed by atoms with van der Waals surface area (Å²) >= 11 is 0. The van der Waals surface area contributed by atoms with E-state index in [-0.39, 0.29) is 0 Å². The second kappa shape index (κ2) is 8.10. The molecule has 4 rings (SSSR count). The van der Waals surface area contributed by atoms with Gasteiger partial charge in [0, 0.05) is 17.0 Å². The summed E-state index contributed by atoms with van der Waals surface area (Å²) in [5.74, 6) is 3.05. The van der Waals surface area contributed by atoms with Crippen LogP contribution >= 0.6 is 0 Å². The first-order valence-electron chi connectivity index (χ1n) is 9.15. The topological polar surface area (TPSA) is 53.2 Å². The van der Waals surface area contributed by atoms with Crippen molar-refractivity contribution in [1.82, 2.24) is 0 Å². The van der Waals surface area contributed by atoms with Crippen molar-refractivity contribution >= 4 is 16.7 Å². The quantitative estimate of drug-likeness (QED) is 0.463. The molecule has 0 aliphatic rings. The predicted octanol–water partition coefficient (Wildman–Crippen LogP) is 5.36. The molecule has 0 bridgehead atoms. The fourth-order valence-corrected chi connectivity index (χ4v) is 3.06. The van der Waals surface area contributed by atoms with Gasteiger partial charge in [-0.15, -0.1) is 0 Å². The fraction of sp³-hybridized carbons (Fsp3) is 0.125. The molecule has 0 radical (unpaired) electrons. The predicted molar refractivity (Wildman–Crippen MR) is 113 cm³/mol. The summed E-state index contributed by atoms with van der Waals surface area (Å²) in [6, 6.07) is 23.0. The molecule has 0 aliphatic heterocycles. The highest BCUT2D eigenvalue weighted by atomic mass is 16.5. The standard InChI is InChI=1S/C24H21NO4/c1-26-18-8-4-16(5-9-18)24-15-22(25-17-6-10-19(27-2)11-7-17)21-14-20(28-3)12-13-23(21)29-24/h4-15H,1-3H3. The zero-order chi connectivity index (χ0) is 20.2. The number of hydrogen-bond donors (Lipinski definition) is 0. The Kier molecular flexibility index (Phi) is 5.20. The largest absolute Gasteiger partial charge is 0.497 e. The van der Waals surface area contributed by atoms with E-state index >= 15 is 0 Å². The molecule has 0 N–H and O–H groups in total. The highest BCUT2D eigenvalue weighted by Gasteiger charge is 2.08. The van der Waals surface area contributed by atoms with Crippen LogP contribution in [0, 0.1) is 0 Å². The molecule has 5 nitrogen and oxygen atoms in total. The van der Waals surface area contributed by atoms with Crippen molar-refractivity contribution in [1.29, 1.82) is 0 Å². The first kappa shape index (κ1) is 18.6. The van der Waals surface area contributed by atoms with Crippen molar-refractivity contribution in [2.24, 2.45) is 4.99 Å². The van der Waals surface area contributed by atoms with E-state index in [1.165, 1.54) is 0 Å². The molecule has 3 aromatic carbocycles. The van der Waals surface area contributed by atoms with Gasteiger partial charge in [0.05, 0.1) is 32.4 Å². The minimum absolute atomic E-state index is 0.720. The van der Waals surface area contributed by atoms with Crippen molar-refractivity contribution in [2.75, 3.05) is 21.3 Å². The molecule has 0 saturated heterocycles. The molecule has 0 aliphatic carbocycles. The molecule has 0 fully saturated rings. The molecular formula is C24H21NO4. The summed E-state index contributed by atoms with van der Waals surface area (Å²) in [5.41, 5.74) is 2.49. The number of methoxy groups -OCH3 is 3. The van der Waals surface area contributed by atoms with E-state index < -0.39 is 0 Å². The van der Waals surface area contributed by atoms with E-state index in [1.807, 2.05) is 72.8 Å². The lowest BCUT2D eigenvalue weighted by atomic mass is 10.1. The maximum Gasteiger partial charge on any atom is 0.137 e. The highest BCUT2D eigenvalue weighted by molar-refractivity contribution is 5.80. The Balaban J connectivity index is 1.91. The van der Waals surface area contributed by atoms with E-state index in [2.05, 4.69) is 0 Å². The number of ether oxygens (including phenoxy) is 3. The van der Waals surface area contributed by atoms with Crippen molar-refractivity contribution in [3.8, 4) is 28.6 Å². The van der Waals surface area contributed by atoms with Gasteiger partial charge in [-0.1, -0.05) is 0 Å². The van der Waals surface area contributed by atoms with Gasteiger partial charge in [0.1, 0.15) is 28.6 Å². The van der Waals surface area contributed by atoms with Gasteiger partial charge in [0.25, 0.3) is 0 Å².